The molecule has 0 rings (SSSR count). The van der Waals surface area contributed by atoms with Crippen LogP contribution in [0.4, 0.5) is 0 Å². The van der Waals surface area contributed by atoms with Gasteiger partial charge in [-0.05, 0) is 31.9 Å². The van der Waals surface area contributed by atoms with E-state index in [9.17, 15) is 14.4 Å². The number of unbranched alkanes of at least 4 members (excludes halogenated alkanes) is 6. The van der Waals surface area contributed by atoms with Gasteiger partial charge in [0.15, 0.2) is 0 Å². The fourth-order valence-corrected chi connectivity index (χ4v) is 2.61. The van der Waals surface area contributed by atoms with Crippen LogP contribution in [0, 0.1) is 0 Å². The van der Waals surface area contributed by atoms with Crippen LogP contribution in [0.2, 0.25) is 0 Å². The first-order valence-electron chi connectivity index (χ1n) is 12.8. The molecule has 0 fully saturated rings. The second kappa shape index (κ2) is 27.8. The van der Waals surface area contributed by atoms with Gasteiger partial charge in [0.05, 0.1) is 6.61 Å². The number of esters is 2. The summed E-state index contributed by atoms with van der Waals surface area (Å²) in [5, 5.41) is 14.3. The van der Waals surface area contributed by atoms with Gasteiger partial charge in [-0.3, -0.25) is 4.79 Å². The summed E-state index contributed by atoms with van der Waals surface area (Å²) in [5.74, 6) is -0.970. The van der Waals surface area contributed by atoms with Crippen LogP contribution in [0.3, 0.4) is 0 Å². The van der Waals surface area contributed by atoms with Crippen molar-refractivity contribution >= 4 is 17.8 Å². The van der Waals surface area contributed by atoms with E-state index in [-0.39, 0.29) is 19.1 Å². The van der Waals surface area contributed by atoms with Crippen LogP contribution in [0.5, 0.6) is 0 Å². The molecule has 0 heterocycles. The minimum atomic E-state index is -0.441. The standard InChI is InChI=1S/C21H38N2O3.C6H10O3/c1-4-6-8-9-10-11-16-23-20(24)14-12-13-19(3)21(25)26-18-17-22-15-7-5-2;1-2-6(8)9-5-3-4-7/h12,14,22H,3-11,13,15-18H2,1-2H3,(H,23,24);2,7H,1,3-5H2. The average Bonchev–Trinajstić information content (AvgIpc) is 2.85. The molecule has 8 heteroatoms. The van der Waals surface area contributed by atoms with Gasteiger partial charge >= 0.3 is 11.9 Å². The molecule has 0 aliphatic rings. The Bertz CT molecular complexity index is 604. The lowest BCUT2D eigenvalue weighted by Crippen LogP contribution is -2.23. The molecule has 8 nitrogen and oxygen atoms in total. The summed E-state index contributed by atoms with van der Waals surface area (Å²) in [5.41, 5.74) is 0.360. The third kappa shape index (κ3) is 27.7. The Labute approximate surface area is 212 Å². The van der Waals surface area contributed by atoms with Gasteiger partial charge in [0.1, 0.15) is 6.61 Å². The summed E-state index contributed by atoms with van der Waals surface area (Å²) in [6.07, 6.45) is 14.5. The third-order valence-corrected chi connectivity index (χ3v) is 4.68. The number of hydrogen-bond donors (Lipinski definition) is 3. The van der Waals surface area contributed by atoms with E-state index in [4.69, 9.17) is 9.84 Å². The molecule has 0 bridgehead atoms. The minimum absolute atomic E-state index is 0.0461. The van der Waals surface area contributed by atoms with Crippen molar-refractivity contribution in [3.8, 4) is 0 Å². The lowest BCUT2D eigenvalue weighted by Gasteiger charge is -2.06. The minimum Gasteiger partial charge on any atom is -0.462 e. The summed E-state index contributed by atoms with van der Waals surface area (Å²) in [4.78, 5) is 33.7. The van der Waals surface area contributed by atoms with E-state index < -0.39 is 11.9 Å². The highest BCUT2D eigenvalue weighted by atomic mass is 16.5. The zero-order valence-electron chi connectivity index (χ0n) is 21.9. The highest BCUT2D eigenvalue weighted by Crippen LogP contribution is 2.04. The molecule has 202 valence electrons. The number of hydrogen-bond acceptors (Lipinski definition) is 7. The fraction of sp³-hybridized carbons (Fsp3) is 0.667. The monoisotopic (exact) mass is 496 g/mol. The maximum absolute atomic E-state index is 11.7. The third-order valence-electron chi connectivity index (χ3n) is 4.68. The summed E-state index contributed by atoms with van der Waals surface area (Å²) < 4.78 is 9.64. The molecule has 35 heavy (non-hydrogen) atoms. The Kier molecular flexibility index (Phi) is 27.6. The van der Waals surface area contributed by atoms with Crippen molar-refractivity contribution in [3.05, 3.63) is 37.0 Å². The number of ether oxygens (including phenoxy) is 2. The van der Waals surface area contributed by atoms with Crippen LogP contribution >= 0.6 is 0 Å². The molecule has 1 amide bonds. The number of nitrogens with one attached hydrogen (secondary N) is 2. The van der Waals surface area contributed by atoms with Crippen molar-refractivity contribution in [2.45, 2.75) is 78.1 Å². The normalized spacial score (nSPS) is 10.3. The van der Waals surface area contributed by atoms with E-state index in [1.807, 2.05) is 0 Å². The predicted molar refractivity (Wildman–Crippen MR) is 141 cm³/mol. The molecule has 0 aromatic carbocycles. The molecule has 0 aromatic rings. The second-order valence-electron chi connectivity index (χ2n) is 7.96. The zero-order chi connectivity index (χ0) is 26.6. The molecule has 0 aromatic heterocycles. The topological polar surface area (TPSA) is 114 Å². The van der Waals surface area contributed by atoms with Gasteiger partial charge in [-0.25, -0.2) is 9.59 Å². The van der Waals surface area contributed by atoms with Gasteiger partial charge in [-0.15, -0.1) is 0 Å². The summed E-state index contributed by atoms with van der Waals surface area (Å²) >= 11 is 0. The number of rotatable bonds is 21. The number of aliphatic hydroxyl groups is 1. The van der Waals surface area contributed by atoms with Crippen LogP contribution in [0.1, 0.15) is 78.1 Å². The van der Waals surface area contributed by atoms with Crippen molar-refractivity contribution in [1.82, 2.24) is 10.6 Å². The lowest BCUT2D eigenvalue weighted by atomic mass is 10.1. The maximum atomic E-state index is 11.7. The number of carbonyl (C=O) groups excluding carboxylic acids is 3. The van der Waals surface area contributed by atoms with Crippen LogP contribution < -0.4 is 10.6 Å². The molecule has 0 unspecified atom stereocenters. The summed E-state index contributed by atoms with van der Waals surface area (Å²) in [6, 6.07) is 0. The van der Waals surface area contributed by atoms with Gasteiger partial charge in [-0.2, -0.15) is 0 Å². The van der Waals surface area contributed by atoms with Crippen LogP contribution in [-0.4, -0.2) is 62.4 Å². The van der Waals surface area contributed by atoms with E-state index in [0.717, 1.165) is 38.3 Å². The van der Waals surface area contributed by atoms with E-state index >= 15 is 0 Å². The first-order chi connectivity index (χ1) is 16.9. The molecular formula is C27H48N2O6. The smallest absolute Gasteiger partial charge is 0.333 e. The van der Waals surface area contributed by atoms with E-state index in [1.165, 1.54) is 31.8 Å². The number of carbonyl (C=O) groups is 3. The molecule has 0 saturated heterocycles. The molecule has 0 aliphatic heterocycles. The van der Waals surface area contributed by atoms with Crippen molar-refractivity contribution in [2.75, 3.05) is 39.5 Å². The van der Waals surface area contributed by atoms with Crippen molar-refractivity contribution < 1.29 is 29.0 Å². The quantitative estimate of drug-likeness (QED) is 0.125. The lowest BCUT2D eigenvalue weighted by molar-refractivity contribution is -0.139. The van der Waals surface area contributed by atoms with Crippen molar-refractivity contribution in [1.29, 1.82) is 0 Å². The molecule has 0 aliphatic carbocycles. The van der Waals surface area contributed by atoms with Gasteiger partial charge in [0, 0.05) is 37.8 Å². The van der Waals surface area contributed by atoms with Crippen molar-refractivity contribution in [2.24, 2.45) is 0 Å². The summed E-state index contributed by atoms with van der Waals surface area (Å²) in [6.45, 7) is 14.2. The van der Waals surface area contributed by atoms with E-state index in [0.29, 0.717) is 38.1 Å². The van der Waals surface area contributed by atoms with Gasteiger partial charge < -0.3 is 25.2 Å². The second-order valence-corrected chi connectivity index (χ2v) is 7.96. The first kappa shape index (κ1) is 34.7. The number of aliphatic hydroxyl groups excluding tert-OH is 1. The molecule has 0 saturated carbocycles. The summed E-state index contributed by atoms with van der Waals surface area (Å²) in [7, 11) is 0. The first-order valence-corrected chi connectivity index (χ1v) is 12.8. The van der Waals surface area contributed by atoms with E-state index in [1.54, 1.807) is 6.08 Å². The average molecular weight is 497 g/mol. The van der Waals surface area contributed by atoms with Crippen LogP contribution in [-0.2, 0) is 23.9 Å². The van der Waals surface area contributed by atoms with E-state index in [2.05, 4.69) is 42.4 Å². The Morgan fingerprint density at radius 2 is 1.54 bits per heavy atom. The molecule has 3 N–H and O–H groups in total. The highest BCUT2D eigenvalue weighted by molar-refractivity contribution is 5.89. The Balaban J connectivity index is 0. The fourth-order valence-electron chi connectivity index (χ4n) is 2.61. The van der Waals surface area contributed by atoms with Gasteiger partial charge in [0.2, 0.25) is 5.91 Å². The molecular weight excluding hydrogens is 448 g/mol. The zero-order valence-corrected chi connectivity index (χ0v) is 21.9. The molecule has 0 atom stereocenters. The van der Waals surface area contributed by atoms with Gasteiger partial charge in [-0.1, -0.05) is 71.6 Å². The Morgan fingerprint density at radius 1 is 0.857 bits per heavy atom. The number of amides is 1. The van der Waals surface area contributed by atoms with Crippen LogP contribution in [0.25, 0.3) is 0 Å². The largest absolute Gasteiger partial charge is 0.462 e. The highest BCUT2D eigenvalue weighted by Gasteiger charge is 2.06. The Morgan fingerprint density at radius 3 is 2.20 bits per heavy atom. The number of allylic oxidation sites excluding steroid dienone is 1. The SMILES string of the molecule is C=C(CC=CC(=O)NCCCCCCCC)C(=O)OCCNCCCC.C=CC(=O)OCCCO. The molecule has 0 radical (unpaired) electrons. The maximum Gasteiger partial charge on any atom is 0.333 e. The van der Waals surface area contributed by atoms with Crippen LogP contribution in [0.15, 0.2) is 37.0 Å². The van der Waals surface area contributed by atoms with Gasteiger partial charge in [0.25, 0.3) is 0 Å². The molecule has 0 spiro atoms. The van der Waals surface area contributed by atoms with Crippen molar-refractivity contribution in [3.63, 3.8) is 0 Å². The Hall–Kier alpha value is -2.45. The predicted octanol–water partition coefficient (Wildman–Crippen LogP) is 4.00.